The molecule has 0 fully saturated rings. The zero-order valence-electron chi connectivity index (χ0n) is 16.3. The van der Waals surface area contributed by atoms with Gasteiger partial charge in [0.15, 0.2) is 0 Å². The van der Waals surface area contributed by atoms with Gasteiger partial charge >= 0.3 is 12.1 Å². The molecule has 2 atom stereocenters. The van der Waals surface area contributed by atoms with Crippen LogP contribution in [0.3, 0.4) is 0 Å². The fourth-order valence-corrected chi connectivity index (χ4v) is 2.71. The zero-order chi connectivity index (χ0) is 20.4. The number of carboxylic acids is 1. The molecule has 3 N–H and O–H groups in total. The molecule has 0 saturated heterocycles. The molecule has 0 aromatic heterocycles. The highest BCUT2D eigenvalue weighted by molar-refractivity contribution is 5.98. The summed E-state index contributed by atoms with van der Waals surface area (Å²) >= 11 is 0. The summed E-state index contributed by atoms with van der Waals surface area (Å²) in [6.45, 7) is 5.65. The Balaban J connectivity index is 3.01. The van der Waals surface area contributed by atoms with Gasteiger partial charge in [0.25, 0.3) is 0 Å². The molecule has 0 saturated carbocycles. The van der Waals surface area contributed by atoms with Gasteiger partial charge in [-0.25, -0.2) is 14.5 Å². The molecule has 2 unspecified atom stereocenters. The molecular weight excluding hydrogens is 348 g/mol. The number of benzene rings is 1. The summed E-state index contributed by atoms with van der Waals surface area (Å²) in [5.41, 5.74) is 6.68. The maximum atomic E-state index is 12.8. The predicted octanol–water partition coefficient (Wildman–Crippen LogP) is 3.17. The van der Waals surface area contributed by atoms with Crippen LogP contribution in [0.1, 0.15) is 52.0 Å². The van der Waals surface area contributed by atoms with E-state index in [1.165, 1.54) is 0 Å². The van der Waals surface area contributed by atoms with Gasteiger partial charge < -0.3 is 15.6 Å². The Hall–Kier alpha value is -2.41. The summed E-state index contributed by atoms with van der Waals surface area (Å²) in [5.74, 6) is -1.83. The van der Waals surface area contributed by atoms with Crippen LogP contribution < -0.4 is 5.73 Å². The fourth-order valence-electron chi connectivity index (χ4n) is 2.71. The first-order valence-corrected chi connectivity index (χ1v) is 9.30. The molecule has 0 bridgehead atoms. The van der Waals surface area contributed by atoms with E-state index in [1.807, 2.05) is 26.8 Å². The number of nitrogens with two attached hydrogens (primary N) is 1. The Labute approximate surface area is 160 Å². The molecule has 2 amide bonds. The largest absolute Gasteiger partial charge is 0.480 e. The monoisotopic (exact) mass is 378 g/mol. The van der Waals surface area contributed by atoms with Crippen molar-refractivity contribution in [3.05, 3.63) is 35.9 Å². The Morgan fingerprint density at radius 3 is 2.33 bits per heavy atom. The van der Waals surface area contributed by atoms with Crippen LogP contribution in [0.4, 0.5) is 4.79 Å². The van der Waals surface area contributed by atoms with Crippen LogP contribution in [0.25, 0.3) is 0 Å². The number of unbranched alkanes of at least 4 members (excludes halogenated alkanes) is 1. The van der Waals surface area contributed by atoms with E-state index in [4.69, 9.17) is 10.5 Å². The summed E-state index contributed by atoms with van der Waals surface area (Å²) in [6, 6.07) is 6.72. The third kappa shape index (κ3) is 7.38. The van der Waals surface area contributed by atoms with Gasteiger partial charge in [0.2, 0.25) is 5.91 Å². The first-order valence-electron chi connectivity index (χ1n) is 9.30. The number of nitrogens with zero attached hydrogens (tertiary/aromatic N) is 1. The quantitative estimate of drug-likeness (QED) is 0.647. The first-order chi connectivity index (χ1) is 12.8. The number of hydrogen-bond acceptors (Lipinski definition) is 5. The van der Waals surface area contributed by atoms with Crippen molar-refractivity contribution < 1.29 is 24.2 Å². The standard InChI is InChI=1S/C20H30N2O5/c1-4-5-11-17(19(24)25)22(18(23)16(21)12-14(2)3)20(26)27-13-15-9-7-6-8-10-15/h6-10,14,16-17H,4-5,11-13,21H2,1-3H3,(H,24,25). The van der Waals surface area contributed by atoms with E-state index in [0.717, 1.165) is 12.0 Å². The Kier molecular flexibility index (Phi) is 9.50. The maximum absolute atomic E-state index is 12.8. The van der Waals surface area contributed by atoms with Crippen molar-refractivity contribution in [2.24, 2.45) is 11.7 Å². The molecule has 0 heterocycles. The zero-order valence-corrected chi connectivity index (χ0v) is 16.3. The van der Waals surface area contributed by atoms with Crippen LogP contribution in [0.2, 0.25) is 0 Å². The summed E-state index contributed by atoms with van der Waals surface area (Å²) in [4.78, 5) is 37.8. The lowest BCUT2D eigenvalue weighted by Gasteiger charge is -2.29. The summed E-state index contributed by atoms with van der Waals surface area (Å²) < 4.78 is 5.22. The van der Waals surface area contributed by atoms with E-state index >= 15 is 0 Å². The van der Waals surface area contributed by atoms with E-state index in [9.17, 15) is 19.5 Å². The van der Waals surface area contributed by atoms with Gasteiger partial charge in [0.05, 0.1) is 6.04 Å². The summed E-state index contributed by atoms with van der Waals surface area (Å²) in [6.07, 6.45) is 0.828. The lowest BCUT2D eigenvalue weighted by molar-refractivity contribution is -0.149. The fraction of sp³-hybridized carbons (Fsp3) is 0.550. The van der Waals surface area contributed by atoms with Gasteiger partial charge in [-0.3, -0.25) is 4.79 Å². The van der Waals surface area contributed by atoms with E-state index in [1.54, 1.807) is 24.3 Å². The number of aliphatic carboxylic acids is 1. The molecule has 1 rings (SSSR count). The third-order valence-corrected chi connectivity index (χ3v) is 4.11. The molecule has 150 valence electrons. The Morgan fingerprint density at radius 1 is 1.19 bits per heavy atom. The van der Waals surface area contributed by atoms with E-state index in [2.05, 4.69) is 0 Å². The minimum atomic E-state index is -1.29. The second-order valence-corrected chi connectivity index (χ2v) is 6.98. The Bertz CT molecular complexity index is 618. The Morgan fingerprint density at radius 2 is 1.81 bits per heavy atom. The van der Waals surface area contributed by atoms with Gasteiger partial charge in [-0.15, -0.1) is 0 Å². The molecule has 0 aliphatic rings. The van der Waals surface area contributed by atoms with Crippen molar-refractivity contribution in [3.8, 4) is 0 Å². The van der Waals surface area contributed by atoms with Crippen LogP contribution in [0.15, 0.2) is 30.3 Å². The normalized spacial score (nSPS) is 13.1. The van der Waals surface area contributed by atoms with E-state index in [0.29, 0.717) is 17.7 Å². The number of carboxylic acid groups (broad SMARTS) is 1. The SMILES string of the molecule is CCCCC(C(=O)O)N(C(=O)OCc1ccccc1)C(=O)C(N)CC(C)C. The third-order valence-electron chi connectivity index (χ3n) is 4.11. The van der Waals surface area contributed by atoms with Gasteiger partial charge in [-0.05, 0) is 24.3 Å². The number of amides is 2. The maximum Gasteiger partial charge on any atom is 0.417 e. The molecule has 0 spiro atoms. The van der Waals surface area contributed by atoms with Crippen molar-refractivity contribution >= 4 is 18.0 Å². The van der Waals surface area contributed by atoms with Gasteiger partial charge in [0, 0.05) is 0 Å². The van der Waals surface area contributed by atoms with Crippen molar-refractivity contribution in [1.82, 2.24) is 4.90 Å². The average molecular weight is 378 g/mol. The number of carbonyl (C=O) groups excluding carboxylic acids is 2. The molecule has 1 aromatic carbocycles. The smallest absolute Gasteiger partial charge is 0.417 e. The van der Waals surface area contributed by atoms with Crippen LogP contribution >= 0.6 is 0 Å². The van der Waals surface area contributed by atoms with Crippen molar-refractivity contribution in [2.75, 3.05) is 0 Å². The van der Waals surface area contributed by atoms with E-state index < -0.39 is 30.1 Å². The lowest BCUT2D eigenvalue weighted by Crippen LogP contribution is -2.54. The van der Waals surface area contributed by atoms with Crippen molar-refractivity contribution in [2.45, 2.75) is 65.1 Å². The minimum Gasteiger partial charge on any atom is -0.480 e. The number of carbonyl (C=O) groups is 3. The average Bonchev–Trinajstić information content (AvgIpc) is 2.62. The molecule has 0 radical (unpaired) electrons. The number of ether oxygens (including phenoxy) is 1. The number of imide groups is 1. The lowest BCUT2D eigenvalue weighted by atomic mass is 10.0. The van der Waals surface area contributed by atoms with Crippen molar-refractivity contribution in [3.63, 3.8) is 0 Å². The van der Waals surface area contributed by atoms with Crippen LogP contribution in [0.5, 0.6) is 0 Å². The molecule has 0 aliphatic carbocycles. The van der Waals surface area contributed by atoms with Crippen LogP contribution in [-0.2, 0) is 20.9 Å². The molecule has 7 heteroatoms. The highest BCUT2D eigenvalue weighted by Gasteiger charge is 2.38. The predicted molar refractivity (Wildman–Crippen MR) is 102 cm³/mol. The second kappa shape index (κ2) is 11.3. The van der Waals surface area contributed by atoms with Crippen LogP contribution in [-0.4, -0.2) is 40.1 Å². The number of rotatable bonds is 10. The topological polar surface area (TPSA) is 110 Å². The summed E-state index contributed by atoms with van der Waals surface area (Å²) in [7, 11) is 0. The van der Waals surface area contributed by atoms with Gasteiger partial charge in [0.1, 0.15) is 12.6 Å². The highest BCUT2D eigenvalue weighted by atomic mass is 16.6. The molecule has 1 aromatic rings. The van der Waals surface area contributed by atoms with Crippen LogP contribution in [0, 0.1) is 5.92 Å². The second-order valence-electron chi connectivity index (χ2n) is 6.98. The van der Waals surface area contributed by atoms with Gasteiger partial charge in [-0.2, -0.15) is 0 Å². The summed E-state index contributed by atoms with van der Waals surface area (Å²) in [5, 5.41) is 9.57. The van der Waals surface area contributed by atoms with Gasteiger partial charge in [-0.1, -0.05) is 63.9 Å². The molecular formula is C20H30N2O5. The minimum absolute atomic E-state index is 0.0526. The van der Waals surface area contributed by atoms with Crippen molar-refractivity contribution in [1.29, 1.82) is 0 Å². The molecule has 7 nitrogen and oxygen atoms in total. The first kappa shape index (κ1) is 22.6. The molecule has 27 heavy (non-hydrogen) atoms. The number of hydrogen-bond donors (Lipinski definition) is 2. The molecule has 0 aliphatic heterocycles. The highest BCUT2D eigenvalue weighted by Crippen LogP contribution is 2.16. The van der Waals surface area contributed by atoms with E-state index in [-0.39, 0.29) is 18.9 Å².